The molecule has 5 heteroatoms. The average Bonchev–Trinajstić information content (AvgIpc) is 3.05. The van der Waals surface area contributed by atoms with E-state index in [1.54, 1.807) is 0 Å². The molecule has 0 N–H and O–H groups in total. The lowest BCUT2D eigenvalue weighted by atomic mass is 10.1. The lowest BCUT2D eigenvalue weighted by Gasteiger charge is -2.34. The van der Waals surface area contributed by atoms with E-state index in [9.17, 15) is 0 Å². The van der Waals surface area contributed by atoms with E-state index in [0.29, 0.717) is 0 Å². The SMILES string of the molecule is CCc1nsc(N2CCN(CC(C)=Cc3ccccc3)CC2)n1. The Bertz CT molecular complexity index is 642. The molecule has 3 rings (SSSR count). The molecule has 0 unspecified atom stereocenters. The molecule has 4 nitrogen and oxygen atoms in total. The van der Waals surface area contributed by atoms with E-state index in [2.05, 4.69) is 69.4 Å². The highest BCUT2D eigenvalue weighted by atomic mass is 32.1. The number of aryl methyl sites for hydroxylation is 1. The standard InChI is InChI=1S/C18H24N4S/c1-3-17-19-18(23-20-17)22-11-9-21(10-12-22)14-15(2)13-16-7-5-4-6-8-16/h4-8,13H,3,9-12,14H2,1-2H3. The molecular formula is C18H24N4S. The molecule has 1 aliphatic heterocycles. The van der Waals surface area contributed by atoms with Gasteiger partial charge < -0.3 is 4.90 Å². The molecule has 0 radical (unpaired) electrons. The average molecular weight is 328 g/mol. The van der Waals surface area contributed by atoms with Crippen molar-refractivity contribution >= 4 is 22.7 Å². The van der Waals surface area contributed by atoms with Crippen LogP contribution in [-0.4, -0.2) is 47.0 Å². The first-order chi connectivity index (χ1) is 11.2. The monoisotopic (exact) mass is 328 g/mol. The fraction of sp³-hybridized carbons (Fsp3) is 0.444. The summed E-state index contributed by atoms with van der Waals surface area (Å²) in [5, 5.41) is 1.08. The summed E-state index contributed by atoms with van der Waals surface area (Å²) in [6.45, 7) is 9.61. The van der Waals surface area contributed by atoms with Crippen LogP contribution in [0.4, 0.5) is 5.13 Å². The molecule has 1 aromatic heterocycles. The molecule has 1 aliphatic rings. The van der Waals surface area contributed by atoms with Crippen LogP contribution in [0.3, 0.4) is 0 Å². The van der Waals surface area contributed by atoms with Crippen molar-refractivity contribution in [1.82, 2.24) is 14.3 Å². The Balaban J connectivity index is 1.52. The van der Waals surface area contributed by atoms with Gasteiger partial charge in [-0.3, -0.25) is 4.90 Å². The first kappa shape index (κ1) is 16.1. The van der Waals surface area contributed by atoms with Gasteiger partial charge in [0.05, 0.1) is 0 Å². The molecule has 0 amide bonds. The zero-order valence-electron chi connectivity index (χ0n) is 13.9. The summed E-state index contributed by atoms with van der Waals surface area (Å²) in [4.78, 5) is 9.48. The number of hydrogen-bond donors (Lipinski definition) is 0. The van der Waals surface area contributed by atoms with E-state index in [1.807, 2.05) is 0 Å². The fourth-order valence-corrected chi connectivity index (χ4v) is 3.65. The molecule has 0 saturated carbocycles. The number of nitrogens with zero attached hydrogens (tertiary/aromatic N) is 4. The Labute approximate surface area is 142 Å². The summed E-state index contributed by atoms with van der Waals surface area (Å²) < 4.78 is 4.39. The van der Waals surface area contributed by atoms with Crippen molar-refractivity contribution in [1.29, 1.82) is 0 Å². The van der Waals surface area contributed by atoms with Crippen LogP contribution in [0, 0.1) is 0 Å². The van der Waals surface area contributed by atoms with Crippen molar-refractivity contribution in [2.75, 3.05) is 37.6 Å². The molecule has 0 atom stereocenters. The minimum atomic E-state index is 0.917. The zero-order chi connectivity index (χ0) is 16.1. The molecule has 1 aromatic carbocycles. The van der Waals surface area contributed by atoms with Gasteiger partial charge in [0, 0.05) is 50.7 Å². The number of piperazine rings is 1. The molecule has 2 heterocycles. The van der Waals surface area contributed by atoms with Gasteiger partial charge in [0.1, 0.15) is 5.82 Å². The molecule has 0 aliphatic carbocycles. The van der Waals surface area contributed by atoms with Crippen molar-refractivity contribution in [3.63, 3.8) is 0 Å². The summed E-state index contributed by atoms with van der Waals surface area (Å²) in [5.74, 6) is 0.967. The second-order valence-electron chi connectivity index (χ2n) is 6.01. The van der Waals surface area contributed by atoms with Crippen LogP contribution < -0.4 is 4.90 Å². The largest absolute Gasteiger partial charge is 0.344 e. The van der Waals surface area contributed by atoms with E-state index in [0.717, 1.165) is 50.1 Å². The summed E-state index contributed by atoms with van der Waals surface area (Å²) in [6.07, 6.45) is 3.20. The van der Waals surface area contributed by atoms with Crippen LogP contribution in [0.15, 0.2) is 35.9 Å². The maximum atomic E-state index is 4.60. The highest BCUT2D eigenvalue weighted by molar-refractivity contribution is 7.09. The third-order valence-corrected chi connectivity index (χ3v) is 4.92. The van der Waals surface area contributed by atoms with Gasteiger partial charge in [0.25, 0.3) is 0 Å². The van der Waals surface area contributed by atoms with Gasteiger partial charge in [-0.1, -0.05) is 48.9 Å². The summed E-state index contributed by atoms with van der Waals surface area (Å²) in [5.41, 5.74) is 2.69. The van der Waals surface area contributed by atoms with Crippen molar-refractivity contribution < 1.29 is 0 Å². The quantitative estimate of drug-likeness (QED) is 0.843. The van der Waals surface area contributed by atoms with E-state index in [4.69, 9.17) is 0 Å². The highest BCUT2D eigenvalue weighted by Crippen LogP contribution is 2.19. The van der Waals surface area contributed by atoms with Crippen LogP contribution >= 0.6 is 11.5 Å². The van der Waals surface area contributed by atoms with Crippen molar-refractivity contribution in [3.05, 3.63) is 47.3 Å². The van der Waals surface area contributed by atoms with E-state index in [-0.39, 0.29) is 0 Å². The number of rotatable bonds is 5. The minimum absolute atomic E-state index is 0.917. The molecule has 23 heavy (non-hydrogen) atoms. The molecule has 122 valence electrons. The summed E-state index contributed by atoms with van der Waals surface area (Å²) >= 11 is 1.53. The third-order valence-electron chi connectivity index (χ3n) is 4.10. The molecule has 1 fully saturated rings. The van der Waals surface area contributed by atoms with Crippen molar-refractivity contribution in [2.45, 2.75) is 20.3 Å². The summed E-state index contributed by atoms with van der Waals surface area (Å²) in [7, 11) is 0. The van der Waals surface area contributed by atoms with Crippen molar-refractivity contribution in [3.8, 4) is 0 Å². The Kier molecular flexibility index (Phi) is 5.41. The van der Waals surface area contributed by atoms with Gasteiger partial charge in [-0.2, -0.15) is 4.37 Å². The third kappa shape index (κ3) is 4.39. The second-order valence-corrected chi connectivity index (χ2v) is 6.74. The van der Waals surface area contributed by atoms with E-state index < -0.39 is 0 Å². The lowest BCUT2D eigenvalue weighted by molar-refractivity contribution is 0.278. The molecule has 0 bridgehead atoms. The Hall–Kier alpha value is -1.72. The van der Waals surface area contributed by atoms with Gasteiger partial charge in [-0.05, 0) is 12.5 Å². The van der Waals surface area contributed by atoms with Crippen LogP contribution in [0.1, 0.15) is 25.2 Å². The van der Waals surface area contributed by atoms with E-state index >= 15 is 0 Å². The maximum absolute atomic E-state index is 4.60. The normalized spacial score (nSPS) is 16.8. The van der Waals surface area contributed by atoms with Gasteiger partial charge in [-0.25, -0.2) is 4.98 Å². The maximum Gasteiger partial charge on any atom is 0.205 e. The zero-order valence-corrected chi connectivity index (χ0v) is 14.7. The van der Waals surface area contributed by atoms with Gasteiger partial charge in [0.15, 0.2) is 0 Å². The van der Waals surface area contributed by atoms with Crippen LogP contribution in [0.25, 0.3) is 6.08 Å². The summed E-state index contributed by atoms with van der Waals surface area (Å²) in [6, 6.07) is 10.5. The number of anilines is 1. The molecule has 0 spiro atoms. The predicted molar refractivity (Wildman–Crippen MR) is 98.0 cm³/mol. The van der Waals surface area contributed by atoms with Crippen molar-refractivity contribution in [2.24, 2.45) is 0 Å². The Morgan fingerprint density at radius 3 is 2.57 bits per heavy atom. The fourth-order valence-electron chi connectivity index (χ4n) is 2.85. The van der Waals surface area contributed by atoms with Gasteiger partial charge >= 0.3 is 0 Å². The first-order valence-corrected chi connectivity index (χ1v) is 9.04. The van der Waals surface area contributed by atoms with Crippen LogP contribution in [0.5, 0.6) is 0 Å². The Morgan fingerprint density at radius 2 is 1.91 bits per heavy atom. The number of aromatic nitrogens is 2. The first-order valence-electron chi connectivity index (χ1n) is 8.26. The lowest BCUT2D eigenvalue weighted by Crippen LogP contribution is -2.46. The van der Waals surface area contributed by atoms with Gasteiger partial charge in [0.2, 0.25) is 5.13 Å². The predicted octanol–water partition coefficient (Wildman–Crippen LogP) is 3.33. The molecule has 1 saturated heterocycles. The number of benzene rings is 1. The van der Waals surface area contributed by atoms with Gasteiger partial charge in [-0.15, -0.1) is 0 Å². The second kappa shape index (κ2) is 7.70. The molecule has 2 aromatic rings. The minimum Gasteiger partial charge on any atom is -0.344 e. The number of hydrogen-bond acceptors (Lipinski definition) is 5. The smallest absolute Gasteiger partial charge is 0.205 e. The van der Waals surface area contributed by atoms with E-state index in [1.165, 1.54) is 22.7 Å². The Morgan fingerprint density at radius 1 is 1.17 bits per heavy atom. The molecular weight excluding hydrogens is 304 g/mol. The van der Waals surface area contributed by atoms with Crippen LogP contribution in [-0.2, 0) is 6.42 Å². The van der Waals surface area contributed by atoms with Crippen LogP contribution in [0.2, 0.25) is 0 Å². The highest BCUT2D eigenvalue weighted by Gasteiger charge is 2.19. The topological polar surface area (TPSA) is 32.3 Å².